The van der Waals surface area contributed by atoms with Crippen molar-refractivity contribution in [3.05, 3.63) is 47.4 Å². The van der Waals surface area contributed by atoms with Crippen LogP contribution in [0.25, 0.3) is 0 Å². The van der Waals surface area contributed by atoms with E-state index in [4.69, 9.17) is 4.74 Å². The Hall–Kier alpha value is -3.17. The fraction of sp³-hybridized carbons (Fsp3) is 0.429. The highest BCUT2D eigenvalue weighted by molar-refractivity contribution is 5.93. The molecule has 0 aromatic carbocycles. The smallest absolute Gasteiger partial charge is 0.392 e. The monoisotopic (exact) mass is 438 g/mol. The van der Waals surface area contributed by atoms with Crippen molar-refractivity contribution < 1.29 is 27.5 Å². The van der Waals surface area contributed by atoms with E-state index in [2.05, 4.69) is 20.6 Å². The number of anilines is 1. The van der Waals surface area contributed by atoms with Gasteiger partial charge in [0.15, 0.2) is 0 Å². The molecule has 2 amide bonds. The largest absolute Gasteiger partial charge is 0.491 e. The van der Waals surface area contributed by atoms with Gasteiger partial charge in [-0.2, -0.15) is 13.2 Å². The van der Waals surface area contributed by atoms with Crippen molar-refractivity contribution in [1.82, 2.24) is 15.3 Å². The number of amides is 2. The van der Waals surface area contributed by atoms with Crippen molar-refractivity contribution in [1.29, 1.82) is 0 Å². The number of hydrogen-bond donors (Lipinski definition) is 2. The van der Waals surface area contributed by atoms with Crippen LogP contribution in [-0.2, 0) is 4.79 Å². The fourth-order valence-corrected chi connectivity index (χ4v) is 2.50. The summed E-state index contributed by atoms with van der Waals surface area (Å²) < 4.78 is 41.8. The third-order valence-electron chi connectivity index (χ3n) is 4.35. The predicted octanol–water partition coefficient (Wildman–Crippen LogP) is 4.20. The van der Waals surface area contributed by atoms with Crippen LogP contribution >= 0.6 is 0 Å². The maximum Gasteiger partial charge on any atom is 0.392 e. The second-order valence-corrected chi connectivity index (χ2v) is 7.36. The van der Waals surface area contributed by atoms with Gasteiger partial charge in [0.1, 0.15) is 17.3 Å². The van der Waals surface area contributed by atoms with Crippen LogP contribution in [0, 0.1) is 12.8 Å². The van der Waals surface area contributed by atoms with Gasteiger partial charge in [-0.25, -0.2) is 9.97 Å². The number of halogens is 3. The number of carbonyl (C=O) groups is 2. The Labute approximate surface area is 178 Å². The lowest BCUT2D eigenvalue weighted by atomic mass is 10.1. The van der Waals surface area contributed by atoms with Gasteiger partial charge in [-0.05, 0) is 43.2 Å². The zero-order chi connectivity index (χ0) is 23.2. The Morgan fingerprint density at radius 2 is 1.87 bits per heavy atom. The van der Waals surface area contributed by atoms with Crippen molar-refractivity contribution >= 4 is 17.6 Å². The Morgan fingerprint density at radius 1 is 1.16 bits per heavy atom. The average Bonchev–Trinajstić information content (AvgIpc) is 2.68. The Kier molecular flexibility index (Phi) is 7.95. The number of ether oxygens (including phenoxy) is 1. The van der Waals surface area contributed by atoms with E-state index >= 15 is 0 Å². The predicted molar refractivity (Wildman–Crippen MR) is 109 cm³/mol. The summed E-state index contributed by atoms with van der Waals surface area (Å²) in [6.07, 6.45) is -2.61. The van der Waals surface area contributed by atoms with Gasteiger partial charge in [0.25, 0.3) is 5.91 Å². The summed E-state index contributed by atoms with van der Waals surface area (Å²) in [4.78, 5) is 32.5. The van der Waals surface area contributed by atoms with Crippen LogP contribution in [0.1, 0.15) is 54.8 Å². The molecule has 1 atom stereocenters. The molecule has 2 aromatic heterocycles. The van der Waals surface area contributed by atoms with E-state index in [0.717, 1.165) is 5.56 Å². The number of aryl methyl sites for hydroxylation is 1. The summed E-state index contributed by atoms with van der Waals surface area (Å²) in [6, 6.07) is 4.43. The summed E-state index contributed by atoms with van der Waals surface area (Å²) in [5.41, 5.74) is 1.33. The Morgan fingerprint density at radius 3 is 2.48 bits per heavy atom. The zero-order valence-electron chi connectivity index (χ0n) is 17.7. The minimum Gasteiger partial charge on any atom is -0.491 e. The second-order valence-electron chi connectivity index (χ2n) is 7.36. The number of rotatable bonds is 8. The van der Waals surface area contributed by atoms with Gasteiger partial charge in [0.05, 0.1) is 25.3 Å². The van der Waals surface area contributed by atoms with Crippen LogP contribution in [0.5, 0.6) is 5.75 Å². The van der Waals surface area contributed by atoms with Crippen LogP contribution < -0.4 is 15.4 Å². The normalized spacial score (nSPS) is 12.4. The van der Waals surface area contributed by atoms with Crippen molar-refractivity contribution in [3.8, 4) is 5.75 Å². The lowest BCUT2D eigenvalue weighted by Crippen LogP contribution is -2.27. The van der Waals surface area contributed by atoms with Gasteiger partial charge in [0.2, 0.25) is 5.91 Å². The molecular formula is C21H25F3N4O3. The molecule has 0 saturated heterocycles. The summed E-state index contributed by atoms with van der Waals surface area (Å²) in [7, 11) is 0. The lowest BCUT2D eigenvalue weighted by Gasteiger charge is -2.16. The molecule has 0 fully saturated rings. The molecule has 10 heteroatoms. The van der Waals surface area contributed by atoms with Crippen molar-refractivity contribution in [3.63, 3.8) is 0 Å². The van der Waals surface area contributed by atoms with Gasteiger partial charge >= 0.3 is 6.18 Å². The van der Waals surface area contributed by atoms with Crippen molar-refractivity contribution in [2.24, 2.45) is 5.92 Å². The van der Waals surface area contributed by atoms with Crippen LogP contribution in [0.2, 0.25) is 0 Å². The molecule has 0 saturated carbocycles. The van der Waals surface area contributed by atoms with Gasteiger partial charge in [-0.3, -0.25) is 9.59 Å². The first-order valence-corrected chi connectivity index (χ1v) is 9.70. The molecule has 168 valence electrons. The molecule has 0 aliphatic rings. The summed E-state index contributed by atoms with van der Waals surface area (Å²) >= 11 is 0. The molecule has 2 heterocycles. The number of nitrogens with one attached hydrogen (secondary N) is 2. The molecule has 0 aliphatic heterocycles. The first kappa shape index (κ1) is 24.1. The maximum absolute atomic E-state index is 12.5. The third kappa shape index (κ3) is 7.54. The van der Waals surface area contributed by atoms with Gasteiger partial charge < -0.3 is 15.4 Å². The quantitative estimate of drug-likeness (QED) is 0.644. The van der Waals surface area contributed by atoms with Crippen LogP contribution in [0.4, 0.5) is 19.0 Å². The average molecular weight is 438 g/mol. The van der Waals surface area contributed by atoms with Crippen LogP contribution in [-0.4, -0.2) is 34.6 Å². The highest BCUT2D eigenvalue weighted by Gasteiger charge is 2.27. The zero-order valence-corrected chi connectivity index (χ0v) is 17.7. The SMILES string of the molecule is Cc1cc(C(=O)NC(C)c2ccnc(NC(=O)C(C)C)c2)ncc1OCCC(F)(F)F. The van der Waals surface area contributed by atoms with E-state index in [1.165, 1.54) is 18.5 Å². The summed E-state index contributed by atoms with van der Waals surface area (Å²) in [6.45, 7) is 6.40. The molecule has 0 spiro atoms. The van der Waals surface area contributed by atoms with E-state index < -0.39 is 31.2 Å². The third-order valence-corrected chi connectivity index (χ3v) is 4.35. The molecular weight excluding hydrogens is 413 g/mol. The number of pyridine rings is 2. The molecule has 31 heavy (non-hydrogen) atoms. The molecule has 2 aromatic rings. The highest BCUT2D eigenvalue weighted by atomic mass is 19.4. The van der Waals surface area contributed by atoms with E-state index in [-0.39, 0.29) is 23.3 Å². The van der Waals surface area contributed by atoms with Crippen molar-refractivity contribution in [2.75, 3.05) is 11.9 Å². The summed E-state index contributed by atoms with van der Waals surface area (Å²) in [5, 5.41) is 5.50. The second kappa shape index (κ2) is 10.2. The van der Waals surface area contributed by atoms with Crippen molar-refractivity contribution in [2.45, 2.75) is 46.3 Å². The maximum atomic E-state index is 12.5. The molecule has 0 aliphatic carbocycles. The number of carbonyl (C=O) groups excluding carboxylic acids is 2. The van der Waals surface area contributed by atoms with E-state index in [0.29, 0.717) is 11.4 Å². The highest BCUT2D eigenvalue weighted by Crippen LogP contribution is 2.22. The van der Waals surface area contributed by atoms with Gasteiger partial charge in [0, 0.05) is 12.1 Å². The number of nitrogens with zero attached hydrogens (tertiary/aromatic N) is 2. The first-order valence-electron chi connectivity index (χ1n) is 9.70. The molecule has 0 radical (unpaired) electrons. The number of aromatic nitrogens is 2. The topological polar surface area (TPSA) is 93.2 Å². The first-order chi connectivity index (χ1) is 14.5. The Bertz CT molecular complexity index is 932. The molecule has 0 bridgehead atoms. The molecule has 1 unspecified atom stereocenters. The summed E-state index contributed by atoms with van der Waals surface area (Å²) in [5.74, 6) is -0.252. The minimum atomic E-state index is -4.30. The molecule has 7 nitrogen and oxygen atoms in total. The Balaban J connectivity index is 2.01. The van der Waals surface area contributed by atoms with E-state index in [1.807, 2.05) is 0 Å². The number of hydrogen-bond acceptors (Lipinski definition) is 5. The van der Waals surface area contributed by atoms with E-state index in [1.54, 1.807) is 39.8 Å². The fourth-order valence-electron chi connectivity index (χ4n) is 2.50. The molecule has 2 N–H and O–H groups in total. The standard InChI is InChI=1S/C21H25F3N4O3/c1-12(2)19(29)28-18-10-15(5-7-25-18)14(4)27-20(30)16-9-13(3)17(11-26-16)31-8-6-21(22,23)24/h5,7,9-12,14H,6,8H2,1-4H3,(H,27,30)(H,25,28,29). The van der Waals surface area contributed by atoms with Gasteiger partial charge in [-0.15, -0.1) is 0 Å². The van der Waals surface area contributed by atoms with E-state index in [9.17, 15) is 22.8 Å². The van der Waals surface area contributed by atoms with Gasteiger partial charge in [-0.1, -0.05) is 13.8 Å². The number of alkyl halides is 3. The minimum absolute atomic E-state index is 0.106. The molecule has 2 rings (SSSR count). The van der Waals surface area contributed by atoms with Crippen LogP contribution in [0.3, 0.4) is 0 Å². The van der Waals surface area contributed by atoms with Crippen LogP contribution in [0.15, 0.2) is 30.6 Å². The lowest BCUT2D eigenvalue weighted by molar-refractivity contribution is -0.139.